The summed E-state index contributed by atoms with van der Waals surface area (Å²) in [5.74, 6) is 1.66. The molecular formula is C19H23N7S. The van der Waals surface area contributed by atoms with Gasteiger partial charge in [-0.25, -0.2) is 19.9 Å². The van der Waals surface area contributed by atoms with Gasteiger partial charge in [0.15, 0.2) is 11.0 Å². The highest BCUT2D eigenvalue weighted by Gasteiger charge is 2.13. The fourth-order valence-corrected chi connectivity index (χ4v) is 2.54. The number of rotatable bonds is 5. The maximum atomic E-state index is 5.44. The van der Waals surface area contributed by atoms with Crippen molar-refractivity contribution in [2.24, 2.45) is 10.7 Å². The van der Waals surface area contributed by atoms with Crippen LogP contribution in [0.1, 0.15) is 13.8 Å². The van der Waals surface area contributed by atoms with Crippen LogP contribution in [0.4, 0.5) is 17.6 Å². The fourth-order valence-electron chi connectivity index (χ4n) is 2.19. The molecule has 2 heterocycles. The molecule has 0 fully saturated rings. The second kappa shape index (κ2) is 10.2. The van der Waals surface area contributed by atoms with Gasteiger partial charge in [-0.05, 0) is 12.3 Å². The molecule has 7 nitrogen and oxygen atoms in total. The molecule has 3 rings (SSSR count). The lowest BCUT2D eigenvalue weighted by Gasteiger charge is -2.17. The molecule has 0 saturated heterocycles. The van der Waals surface area contributed by atoms with E-state index in [1.165, 1.54) is 18.1 Å². The first-order valence-corrected chi connectivity index (χ1v) is 9.73. The minimum Gasteiger partial charge on any atom is -0.390 e. The van der Waals surface area contributed by atoms with Gasteiger partial charge in [-0.2, -0.15) is 4.98 Å². The van der Waals surface area contributed by atoms with Crippen molar-refractivity contribution in [3.8, 4) is 11.3 Å². The Bertz CT molecular complexity index is 884. The largest absolute Gasteiger partial charge is 0.390 e. The Hall–Kier alpha value is -3.00. The van der Waals surface area contributed by atoms with Crippen LogP contribution in [0.25, 0.3) is 11.3 Å². The molecule has 0 radical (unpaired) electrons. The Morgan fingerprint density at radius 1 is 1.07 bits per heavy atom. The molecule has 0 atom stereocenters. The summed E-state index contributed by atoms with van der Waals surface area (Å²) in [4.78, 5) is 23.7. The third kappa shape index (κ3) is 5.24. The third-order valence-corrected chi connectivity index (χ3v) is 3.98. The molecule has 27 heavy (non-hydrogen) atoms. The Labute approximate surface area is 163 Å². The van der Waals surface area contributed by atoms with E-state index < -0.39 is 0 Å². The van der Waals surface area contributed by atoms with Crippen molar-refractivity contribution in [2.75, 3.05) is 18.2 Å². The monoisotopic (exact) mass is 381 g/mol. The van der Waals surface area contributed by atoms with Crippen LogP contribution in [0.5, 0.6) is 0 Å². The molecule has 3 aromatic rings. The van der Waals surface area contributed by atoms with Gasteiger partial charge in [-0.3, -0.25) is 4.90 Å². The van der Waals surface area contributed by atoms with Crippen LogP contribution in [-0.2, 0) is 0 Å². The minimum absolute atomic E-state index is 0.479. The molecule has 2 N–H and O–H groups in total. The molecule has 1 aromatic carbocycles. The number of nitrogens with two attached hydrogens (primary N) is 1. The summed E-state index contributed by atoms with van der Waals surface area (Å²) in [5.41, 5.74) is 7.17. The van der Waals surface area contributed by atoms with Crippen LogP contribution < -0.4 is 10.6 Å². The third-order valence-electron chi connectivity index (χ3n) is 3.42. The molecule has 0 unspecified atom stereocenters. The van der Waals surface area contributed by atoms with Crippen LogP contribution in [0.2, 0.25) is 0 Å². The molecule has 0 aliphatic heterocycles. The normalized spacial score (nSPS) is 10.4. The highest BCUT2D eigenvalue weighted by atomic mass is 32.2. The lowest BCUT2D eigenvalue weighted by molar-refractivity contribution is 0.925. The van der Waals surface area contributed by atoms with E-state index in [9.17, 15) is 0 Å². The van der Waals surface area contributed by atoms with Gasteiger partial charge < -0.3 is 5.73 Å². The maximum Gasteiger partial charge on any atom is 0.233 e. The average molecular weight is 382 g/mol. The number of nitrogens with zero attached hydrogens (tertiary/aromatic N) is 6. The van der Waals surface area contributed by atoms with Gasteiger partial charge in [0.05, 0.1) is 12.0 Å². The van der Waals surface area contributed by atoms with E-state index in [2.05, 4.69) is 24.9 Å². The van der Waals surface area contributed by atoms with Crippen molar-refractivity contribution in [3.63, 3.8) is 0 Å². The van der Waals surface area contributed by atoms with Crippen molar-refractivity contribution in [2.45, 2.75) is 19.0 Å². The van der Waals surface area contributed by atoms with Crippen LogP contribution >= 0.6 is 11.8 Å². The summed E-state index contributed by atoms with van der Waals surface area (Å²) in [5, 5.41) is 0.684. The molecule has 0 spiro atoms. The van der Waals surface area contributed by atoms with Gasteiger partial charge >= 0.3 is 0 Å². The van der Waals surface area contributed by atoms with Crippen LogP contribution in [0.3, 0.4) is 0 Å². The number of aliphatic imine (C=N–C) groups is 1. The summed E-state index contributed by atoms with van der Waals surface area (Å²) in [6.45, 7) is 4.00. The van der Waals surface area contributed by atoms with E-state index in [4.69, 9.17) is 5.73 Å². The van der Waals surface area contributed by atoms with Gasteiger partial charge in [0.25, 0.3) is 0 Å². The Balaban J connectivity index is 0.00000126. The molecule has 0 bridgehead atoms. The second-order valence-electron chi connectivity index (χ2n) is 5.02. The minimum atomic E-state index is 0.479. The molecule has 0 saturated carbocycles. The van der Waals surface area contributed by atoms with E-state index in [0.29, 0.717) is 22.7 Å². The lowest BCUT2D eigenvalue weighted by Crippen LogP contribution is -2.15. The maximum absolute atomic E-state index is 5.44. The predicted molar refractivity (Wildman–Crippen MR) is 113 cm³/mol. The summed E-state index contributed by atoms with van der Waals surface area (Å²) in [6, 6.07) is 13.5. The topological polar surface area (TPSA) is 93.2 Å². The predicted octanol–water partition coefficient (Wildman–Crippen LogP) is 4.07. The van der Waals surface area contributed by atoms with Crippen molar-refractivity contribution >= 4 is 35.7 Å². The molecule has 140 valence electrons. The van der Waals surface area contributed by atoms with Gasteiger partial charge in [0, 0.05) is 24.9 Å². The summed E-state index contributed by atoms with van der Waals surface area (Å²) in [6.07, 6.45) is 4.86. The highest BCUT2D eigenvalue weighted by Crippen LogP contribution is 2.26. The SMILES string of the molecule is CC.CSc1nccc(N(C)c2nc(N=CN)cc(-c3ccccc3)n2)n1. The molecular weight excluding hydrogens is 358 g/mol. The van der Waals surface area contributed by atoms with E-state index >= 15 is 0 Å². The number of benzene rings is 1. The van der Waals surface area contributed by atoms with Crippen LogP contribution in [0, 0.1) is 0 Å². The number of thioether (sulfide) groups is 1. The number of hydrogen-bond acceptors (Lipinski definition) is 7. The summed E-state index contributed by atoms with van der Waals surface area (Å²) in [7, 11) is 1.85. The molecule has 0 aliphatic rings. The number of anilines is 2. The standard InChI is InChI=1S/C17H17N7S.C2H6/c1-24(15-8-9-19-17(23-15)25-2)16-21-13(10-14(22-16)20-11-18)12-6-4-3-5-7-12;1-2/h3-11H,1-2H3,(H2,18,20,21,22);1-2H3. The zero-order valence-electron chi connectivity index (χ0n) is 15.9. The molecule has 0 amide bonds. The Morgan fingerprint density at radius 3 is 2.48 bits per heavy atom. The number of aromatic nitrogens is 4. The smallest absolute Gasteiger partial charge is 0.233 e. The first-order chi connectivity index (χ1) is 13.2. The van der Waals surface area contributed by atoms with Gasteiger partial charge in [0.2, 0.25) is 5.95 Å². The number of hydrogen-bond donors (Lipinski definition) is 1. The summed E-state index contributed by atoms with van der Waals surface area (Å²) < 4.78 is 0. The van der Waals surface area contributed by atoms with Crippen molar-refractivity contribution in [1.82, 2.24) is 19.9 Å². The Kier molecular flexibility index (Phi) is 7.69. The first-order valence-electron chi connectivity index (χ1n) is 8.51. The average Bonchev–Trinajstić information content (AvgIpc) is 2.75. The second-order valence-corrected chi connectivity index (χ2v) is 5.79. The lowest BCUT2D eigenvalue weighted by atomic mass is 10.1. The van der Waals surface area contributed by atoms with Crippen molar-refractivity contribution < 1.29 is 0 Å². The van der Waals surface area contributed by atoms with Crippen molar-refractivity contribution in [1.29, 1.82) is 0 Å². The van der Waals surface area contributed by atoms with Gasteiger partial charge in [0.1, 0.15) is 5.82 Å². The zero-order chi connectivity index (χ0) is 19.6. The van der Waals surface area contributed by atoms with Crippen LogP contribution in [-0.4, -0.2) is 39.6 Å². The summed E-state index contributed by atoms with van der Waals surface area (Å²) >= 11 is 1.48. The van der Waals surface area contributed by atoms with E-state index in [-0.39, 0.29) is 0 Å². The van der Waals surface area contributed by atoms with E-state index in [0.717, 1.165) is 11.3 Å². The first kappa shape index (κ1) is 20.3. The van der Waals surface area contributed by atoms with Gasteiger partial charge in [-0.1, -0.05) is 55.9 Å². The highest BCUT2D eigenvalue weighted by molar-refractivity contribution is 7.98. The molecule has 0 aliphatic carbocycles. The molecule has 2 aromatic heterocycles. The van der Waals surface area contributed by atoms with Crippen molar-refractivity contribution in [3.05, 3.63) is 48.7 Å². The van der Waals surface area contributed by atoms with Gasteiger partial charge in [-0.15, -0.1) is 0 Å². The van der Waals surface area contributed by atoms with E-state index in [1.807, 2.05) is 63.5 Å². The van der Waals surface area contributed by atoms with Crippen LogP contribution in [0.15, 0.2) is 58.8 Å². The zero-order valence-corrected chi connectivity index (χ0v) is 16.7. The quantitative estimate of drug-likeness (QED) is 0.308. The Morgan fingerprint density at radius 2 is 1.81 bits per heavy atom. The van der Waals surface area contributed by atoms with E-state index in [1.54, 1.807) is 17.2 Å². The molecule has 8 heteroatoms. The fraction of sp³-hybridized carbons (Fsp3) is 0.211.